The number of fused-ring (bicyclic) bond motifs is 6. The molecule has 0 aromatic heterocycles. The number of benzene rings is 2. The van der Waals surface area contributed by atoms with Gasteiger partial charge in [-0.2, -0.15) is 0 Å². The molecular weight excluding hydrogens is 432 g/mol. The monoisotopic (exact) mass is 458 g/mol. The van der Waals surface area contributed by atoms with Gasteiger partial charge < -0.3 is 14.4 Å². The number of ketones is 1. The van der Waals surface area contributed by atoms with E-state index >= 15 is 0 Å². The lowest BCUT2D eigenvalue weighted by Crippen LogP contribution is -2.47. The van der Waals surface area contributed by atoms with Crippen molar-refractivity contribution in [3.8, 4) is 11.5 Å². The average molecular weight is 459 g/mol. The standard InChI is InChI=1S/C27H26N2O5/c1-27(2,3)24(30)23-21-20(22-17-7-5-4-6-15(17)10-11-28(22)23)25(31)29(26(21)32)16-8-9-18-19(14-16)34-13-12-33-18/h4-11,14,20-23H,12-13H2,1-3H3/t20-,21+,22-,23-/m0/s1. The van der Waals surface area contributed by atoms with Crippen LogP contribution in [-0.2, 0) is 14.4 Å². The Morgan fingerprint density at radius 3 is 2.41 bits per heavy atom. The van der Waals surface area contributed by atoms with Crippen molar-refractivity contribution in [3.63, 3.8) is 0 Å². The summed E-state index contributed by atoms with van der Waals surface area (Å²) in [5.41, 5.74) is 1.75. The van der Waals surface area contributed by atoms with Gasteiger partial charge in [-0.25, -0.2) is 4.90 Å². The lowest BCUT2D eigenvalue weighted by atomic mass is 9.79. The second kappa shape index (κ2) is 7.19. The fraction of sp³-hybridized carbons (Fsp3) is 0.370. The third-order valence-corrected chi connectivity index (χ3v) is 7.25. The quantitative estimate of drug-likeness (QED) is 0.641. The highest BCUT2D eigenvalue weighted by molar-refractivity contribution is 6.24. The Kier molecular flexibility index (Phi) is 4.43. The van der Waals surface area contributed by atoms with Crippen LogP contribution in [0.15, 0.2) is 48.7 Å². The van der Waals surface area contributed by atoms with Crippen LogP contribution in [0.25, 0.3) is 6.08 Å². The molecule has 7 heteroatoms. The Bertz CT molecular complexity index is 1260. The van der Waals surface area contributed by atoms with Gasteiger partial charge in [-0.1, -0.05) is 45.0 Å². The number of carbonyl (C=O) groups is 3. The molecule has 0 aliphatic carbocycles. The summed E-state index contributed by atoms with van der Waals surface area (Å²) in [5, 5.41) is 0. The first-order valence-electron chi connectivity index (χ1n) is 11.6. The first-order valence-corrected chi connectivity index (χ1v) is 11.6. The molecule has 34 heavy (non-hydrogen) atoms. The maximum Gasteiger partial charge on any atom is 0.240 e. The maximum atomic E-state index is 13.9. The van der Waals surface area contributed by atoms with E-state index in [0.717, 1.165) is 11.1 Å². The Morgan fingerprint density at radius 1 is 0.941 bits per heavy atom. The largest absolute Gasteiger partial charge is 0.486 e. The molecule has 4 heterocycles. The van der Waals surface area contributed by atoms with Gasteiger partial charge in [-0.3, -0.25) is 14.4 Å². The molecule has 0 spiro atoms. The zero-order valence-electron chi connectivity index (χ0n) is 19.4. The summed E-state index contributed by atoms with van der Waals surface area (Å²) in [4.78, 5) is 44.7. The van der Waals surface area contributed by atoms with Crippen LogP contribution in [0.2, 0.25) is 0 Å². The van der Waals surface area contributed by atoms with Crippen LogP contribution in [0.1, 0.15) is 37.9 Å². The van der Waals surface area contributed by atoms with Crippen molar-refractivity contribution in [2.75, 3.05) is 18.1 Å². The van der Waals surface area contributed by atoms with E-state index in [4.69, 9.17) is 9.47 Å². The van der Waals surface area contributed by atoms with E-state index in [2.05, 4.69) is 0 Å². The van der Waals surface area contributed by atoms with Crippen LogP contribution >= 0.6 is 0 Å². The second-order valence-corrected chi connectivity index (χ2v) is 10.3. The summed E-state index contributed by atoms with van der Waals surface area (Å²) < 4.78 is 11.3. The molecule has 0 N–H and O–H groups in total. The van der Waals surface area contributed by atoms with Crippen molar-refractivity contribution in [2.24, 2.45) is 17.3 Å². The normalized spacial score (nSPS) is 26.9. The highest BCUT2D eigenvalue weighted by atomic mass is 16.6. The van der Waals surface area contributed by atoms with Crippen molar-refractivity contribution in [2.45, 2.75) is 32.9 Å². The summed E-state index contributed by atoms with van der Waals surface area (Å²) in [6.45, 7) is 6.45. The van der Waals surface area contributed by atoms with Gasteiger partial charge in [-0.15, -0.1) is 0 Å². The minimum absolute atomic E-state index is 0.0424. The van der Waals surface area contributed by atoms with Gasteiger partial charge in [0.25, 0.3) is 0 Å². The molecule has 0 bridgehead atoms. The predicted octanol–water partition coefficient (Wildman–Crippen LogP) is 3.59. The van der Waals surface area contributed by atoms with E-state index < -0.39 is 23.3 Å². The summed E-state index contributed by atoms with van der Waals surface area (Å²) in [7, 11) is 0. The molecule has 7 nitrogen and oxygen atoms in total. The number of rotatable bonds is 2. The van der Waals surface area contributed by atoms with Crippen molar-refractivity contribution in [1.29, 1.82) is 0 Å². The molecule has 4 atom stereocenters. The van der Waals surface area contributed by atoms with Gasteiger partial charge >= 0.3 is 0 Å². The van der Waals surface area contributed by atoms with Gasteiger partial charge in [-0.05, 0) is 29.3 Å². The van der Waals surface area contributed by atoms with E-state index in [9.17, 15) is 14.4 Å². The van der Waals surface area contributed by atoms with Gasteiger partial charge in [0.15, 0.2) is 17.3 Å². The molecule has 4 aliphatic rings. The van der Waals surface area contributed by atoms with Gasteiger partial charge in [0.05, 0.1) is 23.6 Å². The predicted molar refractivity (Wildman–Crippen MR) is 125 cm³/mol. The number of imide groups is 1. The second-order valence-electron chi connectivity index (χ2n) is 10.3. The topological polar surface area (TPSA) is 76.1 Å². The molecule has 2 aromatic carbocycles. The molecule has 2 saturated heterocycles. The zero-order valence-corrected chi connectivity index (χ0v) is 19.4. The molecule has 0 saturated carbocycles. The fourth-order valence-electron chi connectivity index (χ4n) is 5.73. The maximum absolute atomic E-state index is 13.9. The number of anilines is 1. The van der Waals surface area contributed by atoms with Crippen LogP contribution in [-0.4, -0.2) is 41.8 Å². The SMILES string of the molecule is CC(C)(C)C(=O)[C@@H]1[C@@H]2C(=O)N(c3ccc4c(c3)OCCO4)C(=O)[C@@H]2[C@@H]2c3ccccc3C=CN12. The Morgan fingerprint density at radius 2 is 1.65 bits per heavy atom. The molecule has 174 valence electrons. The Labute approximate surface area is 197 Å². The third-order valence-electron chi connectivity index (χ3n) is 7.25. The van der Waals surface area contributed by atoms with Crippen LogP contribution in [0.5, 0.6) is 11.5 Å². The van der Waals surface area contributed by atoms with Gasteiger partial charge in [0.2, 0.25) is 11.8 Å². The summed E-state index contributed by atoms with van der Waals surface area (Å²) in [5.74, 6) is -0.968. The lowest BCUT2D eigenvalue weighted by molar-refractivity contribution is -0.135. The van der Waals surface area contributed by atoms with E-state index in [1.165, 1.54) is 4.90 Å². The molecule has 4 aliphatic heterocycles. The Hall–Kier alpha value is -3.61. The highest BCUT2D eigenvalue weighted by Crippen LogP contribution is 2.54. The lowest BCUT2D eigenvalue weighted by Gasteiger charge is -2.37. The van der Waals surface area contributed by atoms with Crippen LogP contribution in [0.3, 0.4) is 0 Å². The van der Waals surface area contributed by atoms with Crippen molar-refractivity contribution >= 4 is 29.4 Å². The third kappa shape index (κ3) is 2.85. The molecule has 0 unspecified atom stereocenters. The van der Waals surface area contributed by atoms with Crippen molar-refractivity contribution in [3.05, 3.63) is 59.8 Å². The highest BCUT2D eigenvalue weighted by Gasteiger charge is 2.65. The van der Waals surface area contributed by atoms with Gasteiger partial charge in [0.1, 0.15) is 19.3 Å². The number of amides is 2. The zero-order chi connectivity index (χ0) is 23.8. The van der Waals surface area contributed by atoms with Gasteiger partial charge in [0, 0.05) is 17.7 Å². The summed E-state index contributed by atoms with van der Waals surface area (Å²) in [6, 6.07) is 11.9. The van der Waals surface area contributed by atoms with Crippen LogP contribution < -0.4 is 14.4 Å². The number of nitrogens with zero attached hydrogens (tertiary/aromatic N) is 2. The average Bonchev–Trinajstić information content (AvgIpc) is 3.30. The van der Waals surface area contributed by atoms with Crippen LogP contribution in [0, 0.1) is 17.3 Å². The van der Waals surface area contributed by atoms with E-state index in [0.29, 0.717) is 30.4 Å². The van der Waals surface area contributed by atoms with E-state index in [-0.39, 0.29) is 23.6 Å². The first kappa shape index (κ1) is 21.0. The van der Waals surface area contributed by atoms with Crippen molar-refractivity contribution in [1.82, 2.24) is 4.90 Å². The number of Topliss-reactive ketones (excluding diaryl/α,β-unsaturated/α-hetero) is 1. The van der Waals surface area contributed by atoms with Crippen LogP contribution in [0.4, 0.5) is 5.69 Å². The molecule has 2 amide bonds. The number of ether oxygens (including phenoxy) is 2. The molecule has 0 radical (unpaired) electrons. The smallest absolute Gasteiger partial charge is 0.240 e. The fourth-order valence-corrected chi connectivity index (χ4v) is 5.73. The minimum atomic E-state index is -0.756. The molecular formula is C27H26N2O5. The number of hydrogen-bond donors (Lipinski definition) is 0. The summed E-state index contributed by atoms with van der Waals surface area (Å²) >= 11 is 0. The number of carbonyl (C=O) groups excluding carboxylic acids is 3. The van der Waals surface area contributed by atoms with E-state index in [1.807, 2.05) is 62.2 Å². The minimum Gasteiger partial charge on any atom is -0.486 e. The Balaban J connectivity index is 1.47. The molecule has 2 fully saturated rings. The summed E-state index contributed by atoms with van der Waals surface area (Å²) in [6.07, 6.45) is 3.85. The van der Waals surface area contributed by atoms with E-state index in [1.54, 1.807) is 18.2 Å². The number of hydrogen-bond acceptors (Lipinski definition) is 6. The molecule has 2 aromatic rings. The first-order chi connectivity index (χ1) is 16.3. The van der Waals surface area contributed by atoms with Crippen molar-refractivity contribution < 1.29 is 23.9 Å². The molecule has 6 rings (SSSR count).